The first kappa shape index (κ1) is 31.4. The van der Waals surface area contributed by atoms with E-state index in [1.54, 1.807) is 30.3 Å². The fraction of sp³-hybridized carbons (Fsp3) is 0.367. The number of aryl methyl sites for hydroxylation is 1. The molecule has 1 aliphatic carbocycles. The largest absolute Gasteiger partial charge is 0.457 e. The Morgan fingerprint density at radius 3 is 2.26 bits per heavy atom. The maximum atomic E-state index is 13.7. The number of hydrogen-bond acceptors (Lipinski definition) is 11. The number of amides is 2. The Hall–Kier alpha value is -4.52. The summed E-state index contributed by atoms with van der Waals surface area (Å²) in [5.74, 6) is -6.65. The second kappa shape index (κ2) is 13.6. The molecule has 4 rings (SSSR count). The van der Waals surface area contributed by atoms with Crippen molar-refractivity contribution >= 4 is 52.4 Å². The SMILES string of the molecule is CC(=O)OCOC(=O)C(C(C)=O)N1C(=O)C(NC(=O)C(C(=O)OC2CCc3ccccc32)c2ccccc2)C1SC(C)=O. The molecule has 0 saturated carbocycles. The average Bonchev–Trinajstić information content (AvgIpc) is 3.36. The minimum absolute atomic E-state index is 0.325. The third-order valence-corrected chi connectivity index (χ3v) is 8.05. The molecule has 0 aromatic heterocycles. The third kappa shape index (κ3) is 7.11. The zero-order chi connectivity index (χ0) is 31.3. The number of β-lactam (4-membered cyclic amide) rings is 1. The Bertz CT molecular complexity index is 1450. The summed E-state index contributed by atoms with van der Waals surface area (Å²) in [5.41, 5.74) is 2.24. The van der Waals surface area contributed by atoms with Gasteiger partial charge in [0.05, 0.1) is 0 Å². The van der Waals surface area contributed by atoms with E-state index in [0.717, 1.165) is 29.9 Å². The van der Waals surface area contributed by atoms with E-state index in [9.17, 15) is 33.6 Å². The summed E-state index contributed by atoms with van der Waals surface area (Å²) in [6.45, 7) is 2.58. The van der Waals surface area contributed by atoms with Gasteiger partial charge in [-0.2, -0.15) is 0 Å². The van der Waals surface area contributed by atoms with Gasteiger partial charge in [0.25, 0.3) is 0 Å². The lowest BCUT2D eigenvalue weighted by atomic mass is 9.95. The molecule has 2 amide bonds. The van der Waals surface area contributed by atoms with Gasteiger partial charge in [-0.05, 0) is 36.5 Å². The summed E-state index contributed by atoms with van der Waals surface area (Å²) < 4.78 is 15.2. The van der Waals surface area contributed by atoms with Crippen LogP contribution in [-0.2, 0) is 54.2 Å². The first-order valence-electron chi connectivity index (χ1n) is 13.4. The number of thioether (sulfide) groups is 1. The highest BCUT2D eigenvalue weighted by Gasteiger charge is 2.56. The number of ether oxygens (including phenoxy) is 3. The zero-order valence-electron chi connectivity index (χ0n) is 23.6. The average molecular weight is 611 g/mol. The van der Waals surface area contributed by atoms with Crippen molar-refractivity contribution in [2.45, 2.75) is 63.1 Å². The van der Waals surface area contributed by atoms with Crippen LogP contribution >= 0.6 is 11.8 Å². The molecular formula is C30H30N2O10S. The number of benzene rings is 2. The van der Waals surface area contributed by atoms with Crippen molar-refractivity contribution in [1.82, 2.24) is 10.2 Å². The highest BCUT2D eigenvalue weighted by atomic mass is 32.2. The number of hydrogen-bond donors (Lipinski definition) is 1. The Balaban J connectivity index is 1.54. The summed E-state index contributed by atoms with van der Waals surface area (Å²) in [6, 6.07) is 12.6. The molecule has 2 aromatic rings. The van der Waals surface area contributed by atoms with E-state index in [0.29, 0.717) is 30.2 Å². The van der Waals surface area contributed by atoms with E-state index < -0.39 is 76.9 Å². The highest BCUT2D eigenvalue weighted by molar-refractivity contribution is 8.14. The smallest absolute Gasteiger partial charge is 0.339 e. The Kier molecular flexibility index (Phi) is 9.96. The predicted molar refractivity (Wildman–Crippen MR) is 151 cm³/mol. The molecule has 13 heteroatoms. The van der Waals surface area contributed by atoms with Gasteiger partial charge in [0, 0.05) is 13.8 Å². The van der Waals surface area contributed by atoms with Crippen LogP contribution in [0.15, 0.2) is 54.6 Å². The van der Waals surface area contributed by atoms with Crippen LogP contribution in [0.5, 0.6) is 0 Å². The van der Waals surface area contributed by atoms with Crippen LogP contribution in [-0.4, -0.2) is 69.8 Å². The number of carbonyl (C=O) groups excluding carboxylic acids is 7. The number of fused-ring (bicyclic) bond motifs is 1. The molecule has 1 saturated heterocycles. The predicted octanol–water partition coefficient (Wildman–Crippen LogP) is 1.96. The van der Waals surface area contributed by atoms with Crippen LogP contribution in [0.4, 0.5) is 0 Å². The number of esters is 3. The second-order valence-electron chi connectivity index (χ2n) is 9.97. The number of nitrogens with zero attached hydrogens (tertiary/aromatic N) is 1. The van der Waals surface area contributed by atoms with Crippen LogP contribution in [0.25, 0.3) is 0 Å². The molecular weight excluding hydrogens is 580 g/mol. The van der Waals surface area contributed by atoms with Crippen LogP contribution < -0.4 is 5.32 Å². The van der Waals surface area contributed by atoms with Gasteiger partial charge in [0.2, 0.25) is 18.6 Å². The van der Waals surface area contributed by atoms with E-state index in [1.807, 2.05) is 24.3 Å². The number of carbonyl (C=O) groups is 7. The normalized spacial score (nSPS) is 20.1. The lowest BCUT2D eigenvalue weighted by Gasteiger charge is -2.48. The number of ketones is 1. The minimum Gasteiger partial charge on any atom is -0.457 e. The lowest BCUT2D eigenvalue weighted by molar-refractivity contribution is -0.177. The number of Topliss-reactive ketones (excluding diaryl/α,β-unsaturated/α-hetero) is 1. The number of rotatable bonds is 11. The van der Waals surface area contributed by atoms with Crippen molar-refractivity contribution in [1.29, 1.82) is 0 Å². The molecule has 5 atom stereocenters. The Morgan fingerprint density at radius 2 is 1.60 bits per heavy atom. The lowest BCUT2D eigenvalue weighted by Crippen LogP contribution is -2.74. The van der Waals surface area contributed by atoms with Crippen molar-refractivity contribution in [2.75, 3.05) is 6.79 Å². The number of nitrogens with one attached hydrogen (secondary N) is 1. The van der Waals surface area contributed by atoms with Crippen LogP contribution in [0.3, 0.4) is 0 Å². The van der Waals surface area contributed by atoms with E-state index >= 15 is 0 Å². The van der Waals surface area contributed by atoms with Crippen molar-refractivity contribution in [3.8, 4) is 0 Å². The molecule has 1 aliphatic heterocycles. The molecule has 1 fully saturated rings. The molecule has 1 heterocycles. The zero-order valence-corrected chi connectivity index (χ0v) is 24.5. The van der Waals surface area contributed by atoms with E-state index in [-0.39, 0.29) is 0 Å². The summed E-state index contributed by atoms with van der Waals surface area (Å²) >= 11 is 0.619. The van der Waals surface area contributed by atoms with Crippen LogP contribution in [0, 0.1) is 0 Å². The van der Waals surface area contributed by atoms with Gasteiger partial charge in [-0.25, -0.2) is 4.79 Å². The quantitative estimate of drug-likeness (QED) is 0.171. The van der Waals surface area contributed by atoms with Gasteiger partial charge in [-0.3, -0.25) is 28.8 Å². The topological polar surface area (TPSA) is 162 Å². The number of likely N-dealkylation sites (tertiary alicyclic amines) is 1. The van der Waals surface area contributed by atoms with E-state index in [1.165, 1.54) is 6.92 Å². The Morgan fingerprint density at radius 1 is 0.930 bits per heavy atom. The van der Waals surface area contributed by atoms with Gasteiger partial charge in [0.15, 0.2) is 22.9 Å². The van der Waals surface area contributed by atoms with E-state index in [2.05, 4.69) is 10.1 Å². The van der Waals surface area contributed by atoms with Gasteiger partial charge >= 0.3 is 17.9 Å². The third-order valence-electron chi connectivity index (χ3n) is 6.98. The van der Waals surface area contributed by atoms with Crippen molar-refractivity contribution in [3.63, 3.8) is 0 Å². The molecule has 0 bridgehead atoms. The summed E-state index contributed by atoms with van der Waals surface area (Å²) in [6.07, 6.45) is 0.730. The van der Waals surface area contributed by atoms with Crippen LogP contribution in [0.2, 0.25) is 0 Å². The summed E-state index contributed by atoms with van der Waals surface area (Å²) in [7, 11) is 0. The van der Waals surface area contributed by atoms with Gasteiger partial charge in [0.1, 0.15) is 17.5 Å². The molecule has 5 unspecified atom stereocenters. The summed E-state index contributed by atoms with van der Waals surface area (Å²) in [5, 5.41) is 0.899. The van der Waals surface area contributed by atoms with Crippen LogP contribution in [0.1, 0.15) is 55.9 Å². The van der Waals surface area contributed by atoms with Gasteiger partial charge < -0.3 is 24.4 Å². The fourth-order valence-electron chi connectivity index (χ4n) is 5.04. The molecule has 12 nitrogen and oxygen atoms in total. The van der Waals surface area contributed by atoms with Crippen molar-refractivity contribution in [3.05, 3.63) is 71.3 Å². The summed E-state index contributed by atoms with van der Waals surface area (Å²) in [4.78, 5) is 89.4. The molecule has 2 aliphatic rings. The molecule has 0 radical (unpaired) electrons. The monoisotopic (exact) mass is 610 g/mol. The van der Waals surface area contributed by atoms with Gasteiger partial charge in [-0.15, -0.1) is 0 Å². The highest BCUT2D eigenvalue weighted by Crippen LogP contribution is 2.36. The first-order chi connectivity index (χ1) is 20.5. The first-order valence-corrected chi connectivity index (χ1v) is 14.3. The Labute approximate surface area is 251 Å². The van der Waals surface area contributed by atoms with Crippen molar-refractivity contribution in [2.24, 2.45) is 0 Å². The molecule has 226 valence electrons. The van der Waals surface area contributed by atoms with Gasteiger partial charge in [-0.1, -0.05) is 66.4 Å². The van der Waals surface area contributed by atoms with Crippen molar-refractivity contribution < 1.29 is 47.8 Å². The second-order valence-corrected chi connectivity index (χ2v) is 11.3. The molecule has 43 heavy (non-hydrogen) atoms. The maximum Gasteiger partial charge on any atom is 0.339 e. The standard InChI is InChI=1S/C30H30N2O10S/c1-16(33)25(30(39)41-15-40-17(2)34)32-27(37)24(28(32)43-18(3)35)31-26(36)23(20-10-5-4-6-11-20)29(38)42-22-14-13-19-9-7-8-12-21(19)22/h4-12,22-25,28H,13-15H2,1-3H3,(H,31,36). The molecule has 1 N–H and O–H groups in total. The van der Waals surface area contributed by atoms with E-state index in [4.69, 9.17) is 9.47 Å². The molecule has 0 spiro atoms. The minimum atomic E-state index is -1.76. The fourth-order valence-corrected chi connectivity index (χ4v) is 6.04. The maximum absolute atomic E-state index is 13.7. The molecule has 2 aromatic carbocycles.